The van der Waals surface area contributed by atoms with Crippen molar-refractivity contribution in [2.75, 3.05) is 52.9 Å². The van der Waals surface area contributed by atoms with Gasteiger partial charge in [-0.1, -0.05) is 6.07 Å². The molecule has 0 N–H and O–H groups in total. The van der Waals surface area contributed by atoms with E-state index in [1.165, 1.54) is 30.3 Å². The van der Waals surface area contributed by atoms with Crippen LogP contribution in [0.25, 0.3) is 5.65 Å². The Hall–Kier alpha value is -1.99. The largest absolute Gasteiger partial charge is 0.335 e. The van der Waals surface area contributed by atoms with Crippen LogP contribution in [0.3, 0.4) is 0 Å². The van der Waals surface area contributed by atoms with Gasteiger partial charge < -0.3 is 9.80 Å². The van der Waals surface area contributed by atoms with E-state index in [1.54, 1.807) is 11.0 Å². The average Bonchev–Trinajstić information content (AvgIpc) is 3.01. The van der Waals surface area contributed by atoms with Gasteiger partial charge in [-0.25, -0.2) is 4.98 Å². The Morgan fingerprint density at radius 1 is 1.15 bits per heavy atom. The van der Waals surface area contributed by atoms with Gasteiger partial charge in [0.05, 0.1) is 0 Å². The lowest BCUT2D eigenvalue weighted by Crippen LogP contribution is -2.50. The van der Waals surface area contributed by atoms with Crippen LogP contribution in [0.2, 0.25) is 0 Å². The Bertz CT molecular complexity index is 819. The van der Waals surface area contributed by atoms with E-state index in [2.05, 4.69) is 21.8 Å². The minimum absolute atomic E-state index is 0.0620. The first-order valence-corrected chi connectivity index (χ1v) is 9.86. The van der Waals surface area contributed by atoms with Crippen LogP contribution in [0, 0.1) is 18.8 Å². The highest BCUT2D eigenvalue weighted by atomic mass is 19.1. The molecule has 2 aromatic heterocycles. The van der Waals surface area contributed by atoms with E-state index < -0.39 is 5.95 Å². The molecule has 2 aromatic rings. The van der Waals surface area contributed by atoms with Gasteiger partial charge in [0.25, 0.3) is 5.91 Å². The fourth-order valence-corrected chi connectivity index (χ4v) is 4.24. The highest BCUT2D eigenvalue weighted by Gasteiger charge is 2.29. The molecule has 6 nitrogen and oxygen atoms in total. The summed E-state index contributed by atoms with van der Waals surface area (Å²) in [6.45, 7) is 8.25. The molecule has 0 unspecified atom stereocenters. The van der Waals surface area contributed by atoms with Crippen molar-refractivity contribution in [3.05, 3.63) is 35.5 Å². The quantitative estimate of drug-likeness (QED) is 0.824. The van der Waals surface area contributed by atoms with Crippen molar-refractivity contribution in [3.8, 4) is 0 Å². The second kappa shape index (κ2) is 7.56. The fourth-order valence-electron chi connectivity index (χ4n) is 4.24. The highest BCUT2D eigenvalue weighted by molar-refractivity contribution is 5.93. The molecule has 0 radical (unpaired) electrons. The second-order valence-corrected chi connectivity index (χ2v) is 7.95. The molecule has 4 rings (SSSR count). The third kappa shape index (κ3) is 3.71. The number of amides is 1. The SMILES string of the molecule is Cc1cccc2nc(C(=O)N3CCN(CC4CCN(C)CC4)CC3)c(F)n12. The molecule has 2 aliphatic heterocycles. The van der Waals surface area contributed by atoms with Crippen molar-refractivity contribution in [1.29, 1.82) is 0 Å². The Balaban J connectivity index is 1.38. The molecule has 0 atom stereocenters. The first-order chi connectivity index (χ1) is 13.0. The van der Waals surface area contributed by atoms with Crippen LogP contribution in [0.5, 0.6) is 0 Å². The summed E-state index contributed by atoms with van der Waals surface area (Å²) in [4.78, 5) is 23.6. The number of aromatic nitrogens is 2. The number of imidazole rings is 1. The van der Waals surface area contributed by atoms with Gasteiger partial charge in [0, 0.05) is 38.4 Å². The second-order valence-electron chi connectivity index (χ2n) is 7.95. The fraction of sp³-hybridized carbons (Fsp3) is 0.600. The zero-order valence-corrected chi connectivity index (χ0v) is 16.2. The summed E-state index contributed by atoms with van der Waals surface area (Å²) in [5.41, 5.74) is 1.16. The lowest BCUT2D eigenvalue weighted by atomic mass is 9.96. The van der Waals surface area contributed by atoms with E-state index in [0.717, 1.165) is 31.2 Å². The molecule has 0 aromatic carbocycles. The third-order valence-electron chi connectivity index (χ3n) is 6.00. The maximum Gasteiger partial charge on any atom is 0.277 e. The first kappa shape index (κ1) is 18.4. The summed E-state index contributed by atoms with van der Waals surface area (Å²) >= 11 is 0. The number of piperazine rings is 1. The van der Waals surface area contributed by atoms with Crippen molar-refractivity contribution < 1.29 is 9.18 Å². The molecule has 2 aliphatic rings. The topological polar surface area (TPSA) is 44.1 Å². The van der Waals surface area contributed by atoms with E-state index >= 15 is 0 Å². The number of carbonyl (C=O) groups is 1. The molecule has 7 heteroatoms. The van der Waals surface area contributed by atoms with Gasteiger partial charge in [0.2, 0.25) is 5.95 Å². The zero-order chi connectivity index (χ0) is 19.0. The number of halogens is 1. The lowest BCUT2D eigenvalue weighted by Gasteiger charge is -2.38. The molecule has 0 bridgehead atoms. The smallest absolute Gasteiger partial charge is 0.277 e. The van der Waals surface area contributed by atoms with Crippen molar-refractivity contribution >= 4 is 11.6 Å². The standard InChI is InChI=1S/C20H28FN5O/c1-15-4-3-5-17-22-18(19(21)26(15)17)20(27)25-12-10-24(11-13-25)14-16-6-8-23(2)9-7-16/h3-5,16H,6-14H2,1-2H3. The van der Waals surface area contributed by atoms with E-state index in [0.29, 0.717) is 18.7 Å². The van der Waals surface area contributed by atoms with Crippen molar-refractivity contribution in [2.24, 2.45) is 5.92 Å². The summed E-state index contributed by atoms with van der Waals surface area (Å²) in [5.74, 6) is -0.0984. The summed E-state index contributed by atoms with van der Waals surface area (Å²) in [7, 11) is 2.18. The number of fused-ring (bicyclic) bond motifs is 1. The van der Waals surface area contributed by atoms with Gasteiger partial charge in [-0.15, -0.1) is 0 Å². The number of carbonyl (C=O) groups excluding carboxylic acids is 1. The van der Waals surface area contributed by atoms with Crippen LogP contribution < -0.4 is 0 Å². The number of piperidine rings is 1. The van der Waals surface area contributed by atoms with Gasteiger partial charge in [-0.3, -0.25) is 14.1 Å². The van der Waals surface area contributed by atoms with Crippen LogP contribution in [0.4, 0.5) is 4.39 Å². The molecule has 0 aliphatic carbocycles. The number of nitrogens with zero attached hydrogens (tertiary/aromatic N) is 5. The highest BCUT2D eigenvalue weighted by Crippen LogP contribution is 2.20. The number of aryl methyl sites for hydroxylation is 1. The van der Waals surface area contributed by atoms with Crippen LogP contribution in [-0.4, -0.2) is 82.9 Å². The maximum atomic E-state index is 14.8. The van der Waals surface area contributed by atoms with Crippen LogP contribution in [-0.2, 0) is 0 Å². The molecule has 0 spiro atoms. The number of likely N-dealkylation sites (tertiary alicyclic amines) is 1. The molecular weight excluding hydrogens is 345 g/mol. The predicted octanol–water partition coefficient (Wildman–Crippen LogP) is 1.88. The molecule has 0 saturated carbocycles. The first-order valence-electron chi connectivity index (χ1n) is 9.86. The summed E-state index contributed by atoms with van der Waals surface area (Å²) in [6, 6.07) is 5.37. The van der Waals surface area contributed by atoms with Crippen LogP contribution in [0.1, 0.15) is 29.0 Å². The molecule has 27 heavy (non-hydrogen) atoms. The lowest BCUT2D eigenvalue weighted by molar-refractivity contribution is 0.0584. The van der Waals surface area contributed by atoms with Gasteiger partial charge >= 0.3 is 0 Å². The van der Waals surface area contributed by atoms with E-state index in [4.69, 9.17) is 0 Å². The Morgan fingerprint density at radius 2 is 1.85 bits per heavy atom. The van der Waals surface area contributed by atoms with Gasteiger partial charge in [0.1, 0.15) is 5.65 Å². The number of hydrogen-bond acceptors (Lipinski definition) is 4. The number of hydrogen-bond donors (Lipinski definition) is 0. The third-order valence-corrected chi connectivity index (χ3v) is 6.00. The van der Waals surface area contributed by atoms with Gasteiger partial charge in [-0.05, 0) is 58.0 Å². The van der Waals surface area contributed by atoms with E-state index in [-0.39, 0.29) is 11.6 Å². The Labute approximate surface area is 159 Å². The van der Waals surface area contributed by atoms with Crippen molar-refractivity contribution in [2.45, 2.75) is 19.8 Å². The van der Waals surface area contributed by atoms with Crippen LogP contribution >= 0.6 is 0 Å². The molecule has 1 amide bonds. The maximum absolute atomic E-state index is 14.8. The zero-order valence-electron chi connectivity index (χ0n) is 16.2. The monoisotopic (exact) mass is 373 g/mol. The van der Waals surface area contributed by atoms with Crippen molar-refractivity contribution in [1.82, 2.24) is 24.1 Å². The molecule has 2 fully saturated rings. The summed E-state index contributed by atoms with van der Waals surface area (Å²) in [5, 5.41) is 0. The Kier molecular flexibility index (Phi) is 5.14. The summed E-state index contributed by atoms with van der Waals surface area (Å²) in [6.07, 6.45) is 2.50. The van der Waals surface area contributed by atoms with Crippen LogP contribution in [0.15, 0.2) is 18.2 Å². The number of pyridine rings is 1. The predicted molar refractivity (Wildman–Crippen MR) is 102 cm³/mol. The normalized spacial score (nSPS) is 20.5. The number of rotatable bonds is 3. The van der Waals surface area contributed by atoms with E-state index in [9.17, 15) is 9.18 Å². The minimum atomic E-state index is -0.554. The molecule has 2 saturated heterocycles. The van der Waals surface area contributed by atoms with E-state index in [1.807, 2.05) is 19.1 Å². The molecule has 146 valence electrons. The molecular formula is C20H28FN5O. The average molecular weight is 373 g/mol. The molecule has 4 heterocycles. The minimum Gasteiger partial charge on any atom is -0.335 e. The Morgan fingerprint density at radius 3 is 2.52 bits per heavy atom. The summed E-state index contributed by atoms with van der Waals surface area (Å²) < 4.78 is 16.2. The van der Waals surface area contributed by atoms with Gasteiger partial charge in [-0.2, -0.15) is 4.39 Å². The van der Waals surface area contributed by atoms with Crippen molar-refractivity contribution in [3.63, 3.8) is 0 Å². The van der Waals surface area contributed by atoms with Gasteiger partial charge in [0.15, 0.2) is 5.69 Å².